The maximum atomic E-state index is 14.0. The summed E-state index contributed by atoms with van der Waals surface area (Å²) in [5.41, 5.74) is 0.189. The molecule has 13 heteroatoms. The van der Waals surface area contributed by atoms with Crippen molar-refractivity contribution in [2.24, 2.45) is 7.05 Å². The molecule has 0 saturated carbocycles. The average Bonchev–Trinajstić information content (AvgIpc) is 3.29. The van der Waals surface area contributed by atoms with Crippen molar-refractivity contribution in [3.8, 4) is 28.4 Å². The lowest BCUT2D eigenvalue weighted by molar-refractivity contribution is -0.141. The number of fused-ring (bicyclic) bond motifs is 1. The van der Waals surface area contributed by atoms with Crippen molar-refractivity contribution in [1.29, 1.82) is 5.41 Å². The largest absolute Gasteiger partial charge is 0.497 e. The number of rotatable bonds is 10. The molecule has 0 fully saturated rings. The Morgan fingerprint density at radius 1 is 1.02 bits per heavy atom. The zero-order valence-corrected chi connectivity index (χ0v) is 24.0. The van der Waals surface area contributed by atoms with E-state index in [-0.39, 0.29) is 48.7 Å². The highest BCUT2D eigenvalue weighted by Crippen LogP contribution is 2.43. The van der Waals surface area contributed by atoms with Crippen LogP contribution in [0, 0.1) is 5.41 Å². The molecule has 0 aliphatic carbocycles. The maximum Gasteiger partial charge on any atom is 0.435 e. The Morgan fingerprint density at radius 2 is 1.69 bits per heavy atom. The summed E-state index contributed by atoms with van der Waals surface area (Å²) in [5.74, 6) is 0.761. The van der Waals surface area contributed by atoms with Gasteiger partial charge in [-0.15, -0.1) is 0 Å². The third-order valence-corrected chi connectivity index (χ3v) is 6.53. The van der Waals surface area contributed by atoms with Crippen LogP contribution in [-0.4, -0.2) is 78.2 Å². The van der Waals surface area contributed by atoms with Gasteiger partial charge in [-0.3, -0.25) is 14.9 Å². The van der Waals surface area contributed by atoms with E-state index in [0.717, 1.165) is 16.6 Å². The molecule has 1 aliphatic heterocycles. The second-order valence-electron chi connectivity index (χ2n) is 9.94. The van der Waals surface area contributed by atoms with Crippen LogP contribution in [0.5, 0.6) is 17.2 Å². The van der Waals surface area contributed by atoms with Crippen molar-refractivity contribution < 1.29 is 32.2 Å². The van der Waals surface area contributed by atoms with E-state index in [2.05, 4.69) is 5.10 Å². The molecule has 2 heterocycles. The van der Waals surface area contributed by atoms with Crippen LogP contribution in [0.2, 0.25) is 0 Å². The Kier molecular flexibility index (Phi) is 8.98. The van der Waals surface area contributed by atoms with Gasteiger partial charge in [0.2, 0.25) is 0 Å². The Bertz CT molecular complexity index is 1460. The van der Waals surface area contributed by atoms with E-state index >= 15 is 0 Å². The summed E-state index contributed by atoms with van der Waals surface area (Å²) in [6, 6.07) is 8.45. The number of ether oxygens (including phenoxy) is 3. The van der Waals surface area contributed by atoms with Crippen LogP contribution < -0.4 is 14.2 Å². The van der Waals surface area contributed by atoms with Crippen molar-refractivity contribution in [2.45, 2.75) is 19.3 Å². The van der Waals surface area contributed by atoms with Crippen LogP contribution in [0.1, 0.15) is 27.2 Å². The number of nitrogens with zero attached hydrogens (tertiary/aromatic N) is 5. The van der Waals surface area contributed by atoms with Crippen LogP contribution in [-0.2, 0) is 26.3 Å². The minimum Gasteiger partial charge on any atom is -0.497 e. The van der Waals surface area contributed by atoms with E-state index in [1.54, 1.807) is 57.4 Å². The topological polar surface area (TPSA) is 96.2 Å². The third kappa shape index (κ3) is 6.78. The molecule has 2 aromatic carbocycles. The molecule has 1 aliphatic rings. The number of carbonyl (C=O) groups excluding carboxylic acids is 1. The van der Waals surface area contributed by atoms with E-state index in [0.29, 0.717) is 17.1 Å². The van der Waals surface area contributed by atoms with Gasteiger partial charge < -0.3 is 28.9 Å². The lowest BCUT2D eigenvalue weighted by Gasteiger charge is -2.22. The molecule has 0 radical (unpaired) electrons. The first kappa shape index (κ1) is 30.3. The molecule has 1 amide bonds. The first-order valence-corrected chi connectivity index (χ1v) is 13.0. The molecule has 0 saturated heterocycles. The van der Waals surface area contributed by atoms with Gasteiger partial charge in [0, 0.05) is 70.0 Å². The Hall–Kier alpha value is -4.68. The second-order valence-corrected chi connectivity index (χ2v) is 9.94. The number of carbonyl (C=O) groups is 1. The molecule has 0 spiro atoms. The number of hydrogen-bond acceptors (Lipinski definition) is 7. The number of benzene rings is 2. The molecular formula is C29H33F3N6O4. The highest BCUT2D eigenvalue weighted by Gasteiger charge is 2.39. The molecule has 0 unspecified atom stereocenters. The Morgan fingerprint density at radius 3 is 2.29 bits per heavy atom. The fourth-order valence-electron chi connectivity index (χ4n) is 4.62. The van der Waals surface area contributed by atoms with E-state index in [1.165, 1.54) is 27.5 Å². The summed E-state index contributed by atoms with van der Waals surface area (Å²) < 4.78 is 59.9. The molecular weight excluding hydrogens is 553 g/mol. The fourth-order valence-corrected chi connectivity index (χ4v) is 4.62. The smallest absolute Gasteiger partial charge is 0.435 e. The van der Waals surface area contributed by atoms with Crippen LogP contribution in [0.15, 0.2) is 48.9 Å². The van der Waals surface area contributed by atoms with Gasteiger partial charge in [-0.05, 0) is 35.4 Å². The third-order valence-electron chi connectivity index (χ3n) is 6.53. The van der Waals surface area contributed by atoms with Crippen LogP contribution in [0.25, 0.3) is 11.1 Å². The molecule has 10 nitrogen and oxygen atoms in total. The molecule has 224 valence electrons. The van der Waals surface area contributed by atoms with Crippen LogP contribution >= 0.6 is 0 Å². The van der Waals surface area contributed by atoms with Gasteiger partial charge in [0.15, 0.2) is 5.69 Å². The van der Waals surface area contributed by atoms with E-state index in [1.807, 2.05) is 14.1 Å². The summed E-state index contributed by atoms with van der Waals surface area (Å²) in [6.07, 6.45) is 1.01. The lowest BCUT2D eigenvalue weighted by atomic mass is 9.97. The minimum atomic E-state index is -4.74. The molecule has 1 N–H and O–H groups in total. The Balaban J connectivity index is 1.83. The van der Waals surface area contributed by atoms with Gasteiger partial charge in [0.25, 0.3) is 5.91 Å². The lowest BCUT2D eigenvalue weighted by Crippen LogP contribution is -2.32. The number of halogens is 3. The maximum absolute atomic E-state index is 14.0. The summed E-state index contributed by atoms with van der Waals surface area (Å²) in [5, 5.41) is 11.5. The normalized spacial score (nSPS) is 13.4. The highest BCUT2D eigenvalue weighted by atomic mass is 19.4. The predicted molar refractivity (Wildman–Crippen MR) is 151 cm³/mol. The number of aryl methyl sites for hydroxylation is 1. The number of methoxy groups -OCH3 is 2. The predicted octanol–water partition coefficient (Wildman–Crippen LogP) is 4.60. The summed E-state index contributed by atoms with van der Waals surface area (Å²) >= 11 is 0. The molecule has 3 aromatic rings. The standard InChI is InChI=1S/C29H33F3N6O4/c1-35(2)6-7-37(18-33)15-20-12-23(25-17-36(3)34-27(25)29(30,31)32)26-24(13-20)28(39)38(8-9-42-26)16-19-10-21(40-4)14-22(11-19)41-5/h6-7,10-14,17-18,33H,8-9,15-16H2,1-5H3/b7-6-,33-18?. The number of amides is 1. The quantitative estimate of drug-likeness (QED) is 0.274. The van der Waals surface area contributed by atoms with Crippen LogP contribution in [0.4, 0.5) is 13.2 Å². The first-order chi connectivity index (χ1) is 19.9. The zero-order valence-electron chi connectivity index (χ0n) is 24.0. The van der Waals surface area contributed by atoms with E-state index in [4.69, 9.17) is 19.6 Å². The van der Waals surface area contributed by atoms with Gasteiger partial charge in [-0.25, -0.2) is 0 Å². The number of alkyl halides is 3. The zero-order chi connectivity index (χ0) is 30.6. The van der Waals surface area contributed by atoms with Crippen LogP contribution in [0.3, 0.4) is 0 Å². The van der Waals surface area contributed by atoms with Crippen molar-refractivity contribution in [1.82, 2.24) is 24.5 Å². The average molecular weight is 587 g/mol. The summed E-state index contributed by atoms with van der Waals surface area (Å²) in [7, 11) is 8.11. The van der Waals surface area contributed by atoms with Gasteiger partial charge in [0.05, 0.1) is 32.7 Å². The molecule has 0 atom stereocenters. The van der Waals surface area contributed by atoms with Crippen molar-refractivity contribution in [3.05, 3.63) is 71.3 Å². The highest BCUT2D eigenvalue weighted by molar-refractivity contribution is 6.00. The van der Waals surface area contributed by atoms with Gasteiger partial charge in [-0.2, -0.15) is 18.3 Å². The van der Waals surface area contributed by atoms with Crippen molar-refractivity contribution in [3.63, 3.8) is 0 Å². The van der Waals surface area contributed by atoms with E-state index < -0.39 is 17.8 Å². The van der Waals surface area contributed by atoms with Crippen molar-refractivity contribution >= 4 is 12.2 Å². The fraction of sp³-hybridized carbons (Fsp3) is 0.345. The SMILES string of the molecule is COc1cc(CN2CCOc3c(cc(CN(C=N)/C=C\N(C)C)cc3-c3cn(C)nc3C(F)(F)F)C2=O)cc(OC)c1. The summed E-state index contributed by atoms with van der Waals surface area (Å²) in [6.45, 7) is 0.564. The number of nitrogens with one attached hydrogen (secondary N) is 1. The van der Waals surface area contributed by atoms with Gasteiger partial charge >= 0.3 is 6.18 Å². The summed E-state index contributed by atoms with van der Waals surface area (Å²) in [4.78, 5) is 18.9. The van der Waals surface area contributed by atoms with E-state index in [9.17, 15) is 18.0 Å². The number of aromatic nitrogens is 2. The number of hydrogen-bond donors (Lipinski definition) is 1. The second kappa shape index (κ2) is 12.5. The van der Waals surface area contributed by atoms with Gasteiger partial charge in [0.1, 0.15) is 23.9 Å². The molecule has 4 rings (SSSR count). The minimum absolute atomic E-state index is 0.0539. The van der Waals surface area contributed by atoms with Gasteiger partial charge in [-0.1, -0.05) is 0 Å². The first-order valence-electron chi connectivity index (χ1n) is 13.0. The Labute approximate surface area is 242 Å². The molecule has 42 heavy (non-hydrogen) atoms. The molecule has 0 bridgehead atoms. The monoisotopic (exact) mass is 586 g/mol. The molecule has 1 aromatic heterocycles. The van der Waals surface area contributed by atoms with Crippen molar-refractivity contribution in [2.75, 3.05) is 41.5 Å².